The normalized spacial score (nSPS) is 11.4. The molecule has 2 rings (SSSR count). The van der Waals surface area contributed by atoms with Gasteiger partial charge in [0.1, 0.15) is 11.6 Å². The highest BCUT2D eigenvalue weighted by molar-refractivity contribution is 5.57. The maximum absolute atomic E-state index is 6.08. The van der Waals surface area contributed by atoms with Gasteiger partial charge in [-0.3, -0.25) is 0 Å². The van der Waals surface area contributed by atoms with E-state index < -0.39 is 0 Å². The molecule has 2 aromatic rings. The Balaban J connectivity index is 2.69. The number of aromatic nitrogens is 5. The van der Waals surface area contributed by atoms with E-state index in [1.165, 1.54) is 0 Å². The third-order valence-electron chi connectivity index (χ3n) is 2.67. The topological polar surface area (TPSA) is 74.6 Å². The number of anilines is 1. The van der Waals surface area contributed by atoms with Crippen molar-refractivity contribution in [2.45, 2.75) is 40.7 Å². The van der Waals surface area contributed by atoms with Crippen LogP contribution in [0.4, 0.5) is 5.69 Å². The minimum Gasteiger partial charge on any atom is -0.394 e. The van der Waals surface area contributed by atoms with E-state index in [-0.39, 0.29) is 6.04 Å². The second-order valence-corrected chi connectivity index (χ2v) is 4.48. The van der Waals surface area contributed by atoms with E-state index >= 15 is 0 Å². The Kier molecular flexibility index (Phi) is 2.65. The van der Waals surface area contributed by atoms with E-state index in [2.05, 4.69) is 29.0 Å². The van der Waals surface area contributed by atoms with Crippen molar-refractivity contribution in [1.29, 1.82) is 0 Å². The molecule has 6 heteroatoms. The highest BCUT2D eigenvalue weighted by atomic mass is 15.5. The fourth-order valence-electron chi connectivity index (χ4n) is 1.84. The van der Waals surface area contributed by atoms with Crippen molar-refractivity contribution >= 4 is 5.69 Å². The van der Waals surface area contributed by atoms with E-state index in [9.17, 15) is 0 Å². The predicted molar refractivity (Wildman–Crippen MR) is 66.2 cm³/mol. The Bertz CT molecular complexity index is 549. The zero-order valence-electron chi connectivity index (χ0n) is 10.9. The Labute approximate surface area is 100 Å². The molecule has 0 aliphatic heterocycles. The Morgan fingerprint density at radius 3 is 2.24 bits per heavy atom. The van der Waals surface area contributed by atoms with E-state index in [0.717, 1.165) is 23.2 Å². The van der Waals surface area contributed by atoms with Crippen LogP contribution in [0.5, 0.6) is 0 Å². The average Bonchev–Trinajstić information content (AvgIpc) is 2.69. The number of hydrogen-bond acceptors (Lipinski definition) is 4. The summed E-state index contributed by atoms with van der Waals surface area (Å²) in [6, 6.07) is 0.227. The predicted octanol–water partition coefficient (Wildman–Crippen LogP) is 1.55. The van der Waals surface area contributed by atoms with Crippen LogP contribution >= 0.6 is 0 Å². The van der Waals surface area contributed by atoms with Gasteiger partial charge in [-0.25, -0.2) is 9.67 Å². The molecule has 2 heterocycles. The molecule has 0 amide bonds. The third-order valence-corrected chi connectivity index (χ3v) is 2.67. The number of nitrogen functional groups attached to an aromatic ring is 1. The standard InChI is InChI=1S/C11H18N6/c1-6(2)16-11(10(12)7(3)14-16)17-9(5)13-8(4)15-17/h6H,12H2,1-5H3. The first kappa shape index (κ1) is 11.6. The van der Waals surface area contributed by atoms with Crippen molar-refractivity contribution in [3.8, 4) is 5.82 Å². The molecule has 17 heavy (non-hydrogen) atoms. The Hall–Kier alpha value is -1.85. The van der Waals surface area contributed by atoms with E-state index in [4.69, 9.17) is 5.73 Å². The van der Waals surface area contributed by atoms with Gasteiger partial charge < -0.3 is 5.73 Å². The summed E-state index contributed by atoms with van der Waals surface area (Å²) in [4.78, 5) is 4.29. The monoisotopic (exact) mass is 234 g/mol. The van der Waals surface area contributed by atoms with Crippen LogP contribution < -0.4 is 5.73 Å². The number of rotatable bonds is 2. The van der Waals surface area contributed by atoms with Gasteiger partial charge in [-0.1, -0.05) is 0 Å². The first-order valence-electron chi connectivity index (χ1n) is 5.67. The molecule has 0 unspecified atom stereocenters. The lowest BCUT2D eigenvalue weighted by Crippen LogP contribution is -2.13. The molecule has 0 aliphatic rings. The molecule has 0 aromatic carbocycles. The van der Waals surface area contributed by atoms with E-state index in [1.807, 2.05) is 25.5 Å². The number of nitrogens with zero attached hydrogens (tertiary/aromatic N) is 5. The van der Waals surface area contributed by atoms with Gasteiger partial charge in [-0.15, -0.1) is 5.10 Å². The maximum atomic E-state index is 6.08. The summed E-state index contributed by atoms with van der Waals surface area (Å²) in [7, 11) is 0. The van der Waals surface area contributed by atoms with Gasteiger partial charge in [0.2, 0.25) is 0 Å². The molecule has 0 saturated carbocycles. The molecule has 0 fully saturated rings. The van der Waals surface area contributed by atoms with E-state index in [1.54, 1.807) is 4.68 Å². The van der Waals surface area contributed by atoms with Crippen molar-refractivity contribution in [3.63, 3.8) is 0 Å². The zero-order valence-corrected chi connectivity index (χ0v) is 10.9. The second kappa shape index (κ2) is 3.87. The molecule has 0 bridgehead atoms. The lowest BCUT2D eigenvalue weighted by Gasteiger charge is -2.11. The molecular weight excluding hydrogens is 216 g/mol. The summed E-state index contributed by atoms with van der Waals surface area (Å²) in [5.74, 6) is 2.35. The van der Waals surface area contributed by atoms with Crippen molar-refractivity contribution in [2.75, 3.05) is 5.73 Å². The molecule has 0 aliphatic carbocycles. The van der Waals surface area contributed by atoms with Crippen molar-refractivity contribution in [3.05, 3.63) is 17.3 Å². The summed E-state index contributed by atoms with van der Waals surface area (Å²) in [6.45, 7) is 9.80. The molecule has 2 N–H and O–H groups in total. The van der Waals surface area contributed by atoms with Gasteiger partial charge in [-0.05, 0) is 34.6 Å². The molecular formula is C11H18N6. The maximum Gasteiger partial charge on any atom is 0.177 e. The van der Waals surface area contributed by atoms with Gasteiger partial charge >= 0.3 is 0 Å². The molecule has 0 radical (unpaired) electrons. The molecule has 0 spiro atoms. The first-order chi connectivity index (χ1) is 7.91. The fourth-order valence-corrected chi connectivity index (χ4v) is 1.84. The molecule has 6 nitrogen and oxygen atoms in total. The van der Waals surface area contributed by atoms with Crippen LogP contribution in [0.2, 0.25) is 0 Å². The van der Waals surface area contributed by atoms with Gasteiger partial charge in [0.05, 0.1) is 11.4 Å². The summed E-state index contributed by atoms with van der Waals surface area (Å²) >= 11 is 0. The summed E-state index contributed by atoms with van der Waals surface area (Å²) < 4.78 is 3.64. The van der Waals surface area contributed by atoms with Crippen LogP contribution in [0, 0.1) is 20.8 Å². The fraction of sp³-hybridized carbons (Fsp3) is 0.545. The third kappa shape index (κ3) is 1.79. The SMILES string of the molecule is Cc1nc(C)n(-c2c(N)c(C)nn2C(C)C)n1. The summed E-state index contributed by atoms with van der Waals surface area (Å²) in [5.41, 5.74) is 7.56. The van der Waals surface area contributed by atoms with Crippen molar-refractivity contribution < 1.29 is 0 Å². The largest absolute Gasteiger partial charge is 0.394 e. The molecule has 92 valence electrons. The van der Waals surface area contributed by atoms with E-state index in [0.29, 0.717) is 5.69 Å². The highest BCUT2D eigenvalue weighted by Gasteiger charge is 2.19. The van der Waals surface area contributed by atoms with Gasteiger partial charge in [0, 0.05) is 6.04 Å². The van der Waals surface area contributed by atoms with Crippen LogP contribution in [-0.2, 0) is 0 Å². The number of nitrogens with two attached hydrogens (primary N) is 1. The Morgan fingerprint density at radius 2 is 1.76 bits per heavy atom. The zero-order chi connectivity index (χ0) is 12.7. The minimum absolute atomic E-state index is 0.227. The highest BCUT2D eigenvalue weighted by Crippen LogP contribution is 2.24. The molecule has 0 atom stereocenters. The number of aryl methyl sites for hydroxylation is 3. The van der Waals surface area contributed by atoms with Crippen LogP contribution in [0.3, 0.4) is 0 Å². The quantitative estimate of drug-likeness (QED) is 0.855. The minimum atomic E-state index is 0.227. The van der Waals surface area contributed by atoms with Crippen LogP contribution in [0.1, 0.15) is 37.2 Å². The second-order valence-electron chi connectivity index (χ2n) is 4.48. The number of hydrogen-bond donors (Lipinski definition) is 1. The van der Waals surface area contributed by atoms with Crippen molar-refractivity contribution in [2.24, 2.45) is 0 Å². The van der Waals surface area contributed by atoms with Crippen molar-refractivity contribution in [1.82, 2.24) is 24.5 Å². The van der Waals surface area contributed by atoms with Gasteiger partial charge in [-0.2, -0.15) is 9.78 Å². The van der Waals surface area contributed by atoms with Crippen LogP contribution in [-0.4, -0.2) is 24.5 Å². The average molecular weight is 234 g/mol. The first-order valence-corrected chi connectivity index (χ1v) is 5.67. The van der Waals surface area contributed by atoms with Crippen LogP contribution in [0.15, 0.2) is 0 Å². The Morgan fingerprint density at radius 1 is 1.12 bits per heavy atom. The lowest BCUT2D eigenvalue weighted by atomic mass is 10.3. The summed E-state index contributed by atoms with van der Waals surface area (Å²) in [6.07, 6.45) is 0. The van der Waals surface area contributed by atoms with Crippen LogP contribution in [0.25, 0.3) is 5.82 Å². The lowest BCUT2D eigenvalue weighted by molar-refractivity contribution is 0.510. The smallest absolute Gasteiger partial charge is 0.177 e. The van der Waals surface area contributed by atoms with Gasteiger partial charge in [0.25, 0.3) is 0 Å². The molecule has 0 saturated heterocycles. The summed E-state index contributed by atoms with van der Waals surface area (Å²) in [5, 5.41) is 8.80. The van der Waals surface area contributed by atoms with Gasteiger partial charge in [0.15, 0.2) is 5.82 Å². The molecule has 2 aromatic heterocycles.